The molecular formula is C27H27FN4O2. The van der Waals surface area contributed by atoms with Crippen molar-refractivity contribution in [2.24, 2.45) is 0 Å². The normalized spacial score (nSPS) is 15.0. The van der Waals surface area contributed by atoms with Gasteiger partial charge in [0.2, 0.25) is 0 Å². The Morgan fingerprint density at radius 3 is 2.56 bits per heavy atom. The van der Waals surface area contributed by atoms with E-state index in [9.17, 15) is 9.18 Å². The first-order valence-corrected chi connectivity index (χ1v) is 11.5. The van der Waals surface area contributed by atoms with Crippen molar-refractivity contribution >= 4 is 16.9 Å². The highest BCUT2D eigenvalue weighted by molar-refractivity contribution is 5.93. The zero-order valence-electron chi connectivity index (χ0n) is 18.8. The van der Waals surface area contributed by atoms with E-state index < -0.39 is 5.91 Å². The maximum atomic E-state index is 13.5. The molecule has 0 bridgehead atoms. The molecular weight excluding hydrogens is 431 g/mol. The Morgan fingerprint density at radius 1 is 1.03 bits per heavy atom. The first kappa shape index (κ1) is 22.3. The SMILES string of the molecule is O=C(NO)c1ccc(Cn2ccc3c(C4CCN(Cc5cccc(F)c5)CC4)ccnc32)cc1. The van der Waals surface area contributed by atoms with Gasteiger partial charge >= 0.3 is 0 Å². The average Bonchev–Trinajstić information content (AvgIpc) is 3.27. The lowest BCUT2D eigenvalue weighted by molar-refractivity contribution is 0.0706. The highest BCUT2D eigenvalue weighted by Gasteiger charge is 2.23. The van der Waals surface area contributed by atoms with E-state index >= 15 is 0 Å². The molecule has 174 valence electrons. The Morgan fingerprint density at radius 2 is 1.82 bits per heavy atom. The number of nitrogens with zero attached hydrogens (tertiary/aromatic N) is 3. The van der Waals surface area contributed by atoms with Crippen LogP contribution in [0, 0.1) is 5.82 Å². The summed E-state index contributed by atoms with van der Waals surface area (Å²) in [7, 11) is 0. The number of hydroxylamine groups is 1. The van der Waals surface area contributed by atoms with E-state index in [2.05, 4.69) is 32.8 Å². The number of likely N-dealkylation sites (tertiary alicyclic amines) is 1. The smallest absolute Gasteiger partial charge is 0.274 e. The number of carbonyl (C=O) groups excluding carboxylic acids is 1. The molecule has 2 aromatic carbocycles. The molecule has 0 saturated carbocycles. The summed E-state index contributed by atoms with van der Waals surface area (Å²) in [6, 6.07) is 18.3. The molecule has 0 atom stereocenters. The number of hydrogen-bond acceptors (Lipinski definition) is 4. The van der Waals surface area contributed by atoms with Crippen LogP contribution in [0.2, 0.25) is 0 Å². The van der Waals surface area contributed by atoms with E-state index in [-0.39, 0.29) is 5.82 Å². The molecule has 5 rings (SSSR count). The molecule has 3 heterocycles. The molecule has 2 aromatic heterocycles. The second-order valence-electron chi connectivity index (χ2n) is 8.90. The third kappa shape index (κ3) is 4.71. The fourth-order valence-corrected chi connectivity index (χ4v) is 4.91. The molecule has 0 spiro atoms. The van der Waals surface area contributed by atoms with Gasteiger partial charge in [-0.15, -0.1) is 0 Å². The number of benzene rings is 2. The monoisotopic (exact) mass is 458 g/mol. The lowest BCUT2D eigenvalue weighted by Gasteiger charge is -2.32. The van der Waals surface area contributed by atoms with Crippen molar-refractivity contribution in [2.45, 2.75) is 31.8 Å². The van der Waals surface area contributed by atoms with Gasteiger partial charge in [-0.3, -0.25) is 14.9 Å². The van der Waals surface area contributed by atoms with Crippen LogP contribution in [-0.4, -0.2) is 38.7 Å². The largest absolute Gasteiger partial charge is 0.328 e. The molecule has 0 unspecified atom stereocenters. The third-order valence-electron chi connectivity index (χ3n) is 6.69. The number of carbonyl (C=O) groups is 1. The number of aromatic nitrogens is 2. The standard InChI is InChI=1S/C27H27FN4O2/c28-23-3-1-2-20(16-23)17-31-13-9-21(10-14-31)24-8-12-29-26-25(24)11-15-32(26)18-19-4-6-22(7-5-19)27(33)30-34/h1-8,11-12,15-16,21,34H,9-10,13-14,17-18H2,(H,30,33). The summed E-state index contributed by atoms with van der Waals surface area (Å²) in [4.78, 5) is 18.6. The predicted molar refractivity (Wildman–Crippen MR) is 128 cm³/mol. The van der Waals surface area contributed by atoms with Crippen LogP contribution in [0.1, 0.15) is 45.8 Å². The summed E-state index contributed by atoms with van der Waals surface area (Å²) in [5, 5.41) is 9.96. The van der Waals surface area contributed by atoms with Gasteiger partial charge in [0.1, 0.15) is 11.5 Å². The van der Waals surface area contributed by atoms with E-state index in [0.717, 1.165) is 49.2 Å². The van der Waals surface area contributed by atoms with Gasteiger partial charge in [0.25, 0.3) is 5.91 Å². The molecule has 0 aliphatic carbocycles. The van der Waals surface area contributed by atoms with Crippen molar-refractivity contribution in [3.63, 3.8) is 0 Å². The molecule has 7 heteroatoms. The number of rotatable bonds is 6. The van der Waals surface area contributed by atoms with Crippen molar-refractivity contribution in [1.29, 1.82) is 0 Å². The number of piperidine rings is 1. The maximum Gasteiger partial charge on any atom is 0.274 e. The minimum absolute atomic E-state index is 0.178. The molecule has 0 radical (unpaired) electrons. The number of halogens is 1. The lowest BCUT2D eigenvalue weighted by Crippen LogP contribution is -2.32. The zero-order chi connectivity index (χ0) is 23.5. The average molecular weight is 459 g/mol. The molecule has 1 aliphatic rings. The van der Waals surface area contributed by atoms with Crippen LogP contribution in [0.3, 0.4) is 0 Å². The summed E-state index contributed by atoms with van der Waals surface area (Å²) in [6.45, 7) is 3.40. The molecule has 34 heavy (non-hydrogen) atoms. The molecule has 1 fully saturated rings. The predicted octanol–water partition coefficient (Wildman–Crippen LogP) is 4.72. The van der Waals surface area contributed by atoms with Gasteiger partial charge in [0.05, 0.1) is 0 Å². The van der Waals surface area contributed by atoms with Crippen molar-refractivity contribution in [2.75, 3.05) is 13.1 Å². The van der Waals surface area contributed by atoms with Crippen LogP contribution in [0.15, 0.2) is 73.1 Å². The van der Waals surface area contributed by atoms with E-state index in [4.69, 9.17) is 5.21 Å². The number of fused-ring (bicyclic) bond motifs is 1. The third-order valence-corrected chi connectivity index (χ3v) is 6.69. The second-order valence-corrected chi connectivity index (χ2v) is 8.90. The maximum absolute atomic E-state index is 13.5. The van der Waals surface area contributed by atoms with Crippen molar-refractivity contribution in [3.8, 4) is 0 Å². The summed E-state index contributed by atoms with van der Waals surface area (Å²) in [6.07, 6.45) is 6.08. The second kappa shape index (κ2) is 9.75. The Hall–Kier alpha value is -3.55. The summed E-state index contributed by atoms with van der Waals surface area (Å²) < 4.78 is 15.6. The molecule has 1 saturated heterocycles. The Kier molecular flexibility index (Phi) is 6.38. The molecule has 6 nitrogen and oxygen atoms in total. The number of hydrogen-bond donors (Lipinski definition) is 2. The quantitative estimate of drug-likeness (QED) is 0.324. The fourth-order valence-electron chi connectivity index (χ4n) is 4.91. The zero-order valence-corrected chi connectivity index (χ0v) is 18.8. The first-order chi connectivity index (χ1) is 16.6. The first-order valence-electron chi connectivity index (χ1n) is 11.5. The van der Waals surface area contributed by atoms with Crippen molar-refractivity contribution < 1.29 is 14.4 Å². The fraction of sp³-hybridized carbons (Fsp3) is 0.259. The van der Waals surface area contributed by atoms with Crippen LogP contribution in [0.4, 0.5) is 4.39 Å². The van der Waals surface area contributed by atoms with E-state index in [0.29, 0.717) is 18.0 Å². The van der Waals surface area contributed by atoms with Gasteiger partial charge in [-0.2, -0.15) is 0 Å². The van der Waals surface area contributed by atoms with Crippen LogP contribution >= 0.6 is 0 Å². The minimum atomic E-state index is -0.522. The Labute approximate surface area is 197 Å². The van der Waals surface area contributed by atoms with Crippen molar-refractivity contribution in [1.82, 2.24) is 19.9 Å². The topological polar surface area (TPSA) is 70.4 Å². The summed E-state index contributed by atoms with van der Waals surface area (Å²) in [5.41, 5.74) is 6.42. The van der Waals surface area contributed by atoms with Gasteiger partial charge in [-0.05, 0) is 84.9 Å². The molecule has 1 amide bonds. The Bertz CT molecular complexity index is 1290. The van der Waals surface area contributed by atoms with Crippen LogP contribution in [0.5, 0.6) is 0 Å². The lowest BCUT2D eigenvalue weighted by atomic mass is 9.88. The van der Waals surface area contributed by atoms with Crippen molar-refractivity contribution in [3.05, 3.63) is 101 Å². The number of nitrogens with one attached hydrogen (secondary N) is 1. The van der Waals surface area contributed by atoms with Gasteiger partial charge in [-0.1, -0.05) is 24.3 Å². The van der Waals surface area contributed by atoms with Crippen LogP contribution < -0.4 is 5.48 Å². The van der Waals surface area contributed by atoms with Gasteiger partial charge < -0.3 is 4.57 Å². The van der Waals surface area contributed by atoms with E-state index in [1.54, 1.807) is 29.7 Å². The molecule has 1 aliphatic heterocycles. The van der Waals surface area contributed by atoms with Gasteiger partial charge in [0, 0.05) is 36.4 Å². The van der Waals surface area contributed by atoms with E-state index in [1.165, 1.54) is 17.0 Å². The number of amides is 1. The summed E-state index contributed by atoms with van der Waals surface area (Å²) in [5.74, 6) is -0.227. The van der Waals surface area contributed by atoms with Gasteiger partial charge in [-0.25, -0.2) is 14.9 Å². The highest BCUT2D eigenvalue weighted by Crippen LogP contribution is 2.33. The van der Waals surface area contributed by atoms with Gasteiger partial charge in [0.15, 0.2) is 0 Å². The Balaban J connectivity index is 1.28. The number of pyridine rings is 1. The summed E-state index contributed by atoms with van der Waals surface area (Å²) >= 11 is 0. The van der Waals surface area contributed by atoms with Crippen LogP contribution in [-0.2, 0) is 13.1 Å². The minimum Gasteiger partial charge on any atom is -0.328 e. The van der Waals surface area contributed by atoms with Crippen LogP contribution in [0.25, 0.3) is 11.0 Å². The van der Waals surface area contributed by atoms with E-state index in [1.807, 2.05) is 24.4 Å². The molecule has 2 N–H and O–H groups in total. The molecule has 4 aromatic rings. The highest BCUT2D eigenvalue weighted by atomic mass is 19.1.